The van der Waals surface area contributed by atoms with Crippen LogP contribution in [-0.4, -0.2) is 16.0 Å². The van der Waals surface area contributed by atoms with Gasteiger partial charge < -0.3 is 0 Å². The molecule has 0 saturated heterocycles. The molecule has 1 heterocycles. The number of aromatic nitrogens is 2. The largest absolute Gasteiger partial charge is 0.157 e. The Labute approximate surface area is 116 Å². The molecule has 0 bridgehead atoms. The SMILES string of the molecule is c1ccc(CCSc2nncc3ccccc23)cc1. The first-order valence-corrected chi connectivity index (χ1v) is 7.29. The van der Waals surface area contributed by atoms with Gasteiger partial charge in [-0.3, -0.25) is 0 Å². The first kappa shape index (κ1) is 12.2. The van der Waals surface area contributed by atoms with Crippen molar-refractivity contribution in [3.63, 3.8) is 0 Å². The monoisotopic (exact) mass is 266 g/mol. The molecule has 0 aliphatic carbocycles. The van der Waals surface area contributed by atoms with Gasteiger partial charge in [0.05, 0.1) is 6.20 Å². The Kier molecular flexibility index (Phi) is 3.75. The van der Waals surface area contributed by atoms with E-state index in [1.165, 1.54) is 10.9 Å². The average Bonchev–Trinajstić information content (AvgIpc) is 2.49. The number of rotatable bonds is 4. The Hall–Kier alpha value is -1.87. The maximum Gasteiger partial charge on any atom is 0.127 e. The zero-order valence-electron chi connectivity index (χ0n) is 10.5. The maximum absolute atomic E-state index is 4.25. The molecule has 0 fully saturated rings. The smallest absolute Gasteiger partial charge is 0.127 e. The molecule has 0 aliphatic heterocycles. The van der Waals surface area contributed by atoms with Crippen LogP contribution in [0.1, 0.15) is 5.56 Å². The molecule has 0 amide bonds. The van der Waals surface area contributed by atoms with Crippen LogP contribution in [0, 0.1) is 0 Å². The van der Waals surface area contributed by atoms with E-state index in [2.05, 4.69) is 46.6 Å². The lowest BCUT2D eigenvalue weighted by molar-refractivity contribution is 0.954. The summed E-state index contributed by atoms with van der Waals surface area (Å²) in [5.41, 5.74) is 1.36. The van der Waals surface area contributed by atoms with E-state index in [1.807, 2.05) is 24.4 Å². The highest BCUT2D eigenvalue weighted by Gasteiger charge is 2.03. The van der Waals surface area contributed by atoms with Crippen LogP contribution in [0.15, 0.2) is 65.8 Å². The third-order valence-corrected chi connectivity index (χ3v) is 3.99. The van der Waals surface area contributed by atoms with Crippen LogP contribution in [0.2, 0.25) is 0 Å². The van der Waals surface area contributed by atoms with Crippen LogP contribution < -0.4 is 0 Å². The van der Waals surface area contributed by atoms with Gasteiger partial charge in [-0.05, 0) is 12.0 Å². The van der Waals surface area contributed by atoms with Crippen molar-refractivity contribution >= 4 is 22.5 Å². The van der Waals surface area contributed by atoms with E-state index in [0.29, 0.717) is 0 Å². The summed E-state index contributed by atoms with van der Waals surface area (Å²) in [6.45, 7) is 0. The van der Waals surface area contributed by atoms with E-state index in [0.717, 1.165) is 22.6 Å². The predicted octanol–water partition coefficient (Wildman–Crippen LogP) is 3.96. The summed E-state index contributed by atoms with van der Waals surface area (Å²) in [4.78, 5) is 0. The molecule has 0 aliphatic rings. The summed E-state index contributed by atoms with van der Waals surface area (Å²) in [5, 5.41) is 11.7. The zero-order valence-corrected chi connectivity index (χ0v) is 11.3. The summed E-state index contributed by atoms with van der Waals surface area (Å²) in [5.74, 6) is 1.02. The highest BCUT2D eigenvalue weighted by Crippen LogP contribution is 2.25. The van der Waals surface area contributed by atoms with Gasteiger partial charge in [-0.15, -0.1) is 16.9 Å². The first-order valence-electron chi connectivity index (χ1n) is 6.30. The van der Waals surface area contributed by atoms with Crippen LogP contribution in [0.4, 0.5) is 0 Å². The van der Waals surface area contributed by atoms with E-state index in [-0.39, 0.29) is 0 Å². The molecule has 2 nitrogen and oxygen atoms in total. The zero-order chi connectivity index (χ0) is 12.9. The van der Waals surface area contributed by atoms with Crippen molar-refractivity contribution < 1.29 is 0 Å². The van der Waals surface area contributed by atoms with Crippen LogP contribution >= 0.6 is 11.8 Å². The summed E-state index contributed by atoms with van der Waals surface area (Å²) in [7, 11) is 0. The molecule has 3 aromatic rings. The van der Waals surface area contributed by atoms with Gasteiger partial charge in [0.25, 0.3) is 0 Å². The van der Waals surface area contributed by atoms with Crippen molar-refractivity contribution in [2.45, 2.75) is 11.4 Å². The number of hydrogen-bond acceptors (Lipinski definition) is 3. The molecular formula is C16H14N2S. The van der Waals surface area contributed by atoms with Gasteiger partial charge in [0.2, 0.25) is 0 Å². The first-order chi connectivity index (χ1) is 9.43. The molecule has 94 valence electrons. The average molecular weight is 266 g/mol. The molecule has 0 N–H and O–H groups in total. The van der Waals surface area contributed by atoms with Gasteiger partial charge in [0.1, 0.15) is 5.03 Å². The number of hydrogen-bond donors (Lipinski definition) is 0. The lowest BCUT2D eigenvalue weighted by Gasteiger charge is -2.04. The highest BCUT2D eigenvalue weighted by atomic mass is 32.2. The molecule has 3 heteroatoms. The number of nitrogens with zero attached hydrogens (tertiary/aromatic N) is 2. The van der Waals surface area contributed by atoms with Crippen molar-refractivity contribution in [1.29, 1.82) is 0 Å². The Bertz CT molecular complexity index is 662. The molecule has 2 aromatic carbocycles. The standard InChI is InChI=1S/C16H14N2S/c1-2-6-13(7-3-1)10-11-19-16-15-9-5-4-8-14(15)12-17-18-16/h1-9,12H,10-11H2. The van der Waals surface area contributed by atoms with Gasteiger partial charge in [0.15, 0.2) is 0 Å². The van der Waals surface area contributed by atoms with Crippen molar-refractivity contribution in [2.24, 2.45) is 0 Å². The summed E-state index contributed by atoms with van der Waals surface area (Å²) < 4.78 is 0. The Morgan fingerprint density at radius 1 is 0.895 bits per heavy atom. The summed E-state index contributed by atoms with van der Waals surface area (Å²) >= 11 is 1.77. The normalized spacial score (nSPS) is 10.7. The molecule has 0 spiro atoms. The molecule has 19 heavy (non-hydrogen) atoms. The van der Waals surface area contributed by atoms with Crippen molar-refractivity contribution in [3.05, 3.63) is 66.4 Å². The van der Waals surface area contributed by atoms with Crippen LogP contribution in [0.3, 0.4) is 0 Å². The fourth-order valence-corrected chi connectivity index (χ4v) is 3.00. The molecule has 3 rings (SSSR count). The van der Waals surface area contributed by atoms with Gasteiger partial charge in [-0.25, -0.2) is 0 Å². The van der Waals surface area contributed by atoms with Gasteiger partial charge in [-0.2, -0.15) is 5.10 Å². The third kappa shape index (κ3) is 2.93. The number of aryl methyl sites for hydroxylation is 1. The highest BCUT2D eigenvalue weighted by molar-refractivity contribution is 7.99. The molecule has 0 unspecified atom stereocenters. The number of benzene rings is 2. The van der Waals surface area contributed by atoms with Crippen molar-refractivity contribution in [3.8, 4) is 0 Å². The fraction of sp³-hybridized carbons (Fsp3) is 0.125. The van der Waals surface area contributed by atoms with E-state index in [1.54, 1.807) is 11.8 Å². The molecular weight excluding hydrogens is 252 g/mol. The van der Waals surface area contributed by atoms with E-state index in [4.69, 9.17) is 0 Å². The van der Waals surface area contributed by atoms with Crippen molar-refractivity contribution in [2.75, 3.05) is 5.75 Å². The molecule has 1 aromatic heterocycles. The molecule has 0 saturated carbocycles. The van der Waals surface area contributed by atoms with Crippen LogP contribution in [0.25, 0.3) is 10.8 Å². The van der Waals surface area contributed by atoms with Crippen LogP contribution in [-0.2, 0) is 6.42 Å². The lowest BCUT2D eigenvalue weighted by atomic mass is 10.2. The minimum Gasteiger partial charge on any atom is -0.157 e. The quantitative estimate of drug-likeness (QED) is 0.668. The Morgan fingerprint density at radius 2 is 1.68 bits per heavy atom. The molecule has 0 atom stereocenters. The minimum atomic E-state index is 1.02. The summed E-state index contributed by atoms with van der Waals surface area (Å²) in [6.07, 6.45) is 2.87. The predicted molar refractivity (Wildman–Crippen MR) is 80.4 cm³/mol. The van der Waals surface area contributed by atoms with Gasteiger partial charge in [0, 0.05) is 16.5 Å². The third-order valence-electron chi connectivity index (χ3n) is 3.01. The number of fused-ring (bicyclic) bond motifs is 1. The minimum absolute atomic E-state index is 1.02. The van der Waals surface area contributed by atoms with E-state index in [9.17, 15) is 0 Å². The second-order valence-corrected chi connectivity index (χ2v) is 5.40. The lowest BCUT2D eigenvalue weighted by Crippen LogP contribution is -1.91. The number of thioether (sulfide) groups is 1. The van der Waals surface area contributed by atoms with E-state index < -0.39 is 0 Å². The second-order valence-electron chi connectivity index (χ2n) is 4.32. The molecule has 0 radical (unpaired) electrons. The van der Waals surface area contributed by atoms with Gasteiger partial charge >= 0.3 is 0 Å². The fourth-order valence-electron chi connectivity index (χ4n) is 2.02. The van der Waals surface area contributed by atoms with Gasteiger partial charge in [-0.1, -0.05) is 54.6 Å². The summed E-state index contributed by atoms with van der Waals surface area (Å²) in [6, 6.07) is 18.8. The Balaban J connectivity index is 1.72. The Morgan fingerprint density at radius 3 is 2.58 bits per heavy atom. The van der Waals surface area contributed by atoms with E-state index >= 15 is 0 Å². The van der Waals surface area contributed by atoms with Crippen molar-refractivity contribution in [1.82, 2.24) is 10.2 Å². The maximum atomic E-state index is 4.25. The second kappa shape index (κ2) is 5.85. The van der Waals surface area contributed by atoms with Crippen LogP contribution in [0.5, 0.6) is 0 Å². The topological polar surface area (TPSA) is 25.8 Å².